The molecule has 0 aliphatic heterocycles. The van der Waals surface area contributed by atoms with Crippen molar-refractivity contribution < 1.29 is 22.7 Å². The highest BCUT2D eigenvalue weighted by Crippen LogP contribution is 2.30. The second-order valence-corrected chi connectivity index (χ2v) is 6.13. The summed E-state index contributed by atoms with van der Waals surface area (Å²) in [6, 6.07) is 12.1. The van der Waals surface area contributed by atoms with Crippen LogP contribution in [-0.4, -0.2) is 22.8 Å². The molecular formula is C20H16F3N3O3. The summed E-state index contributed by atoms with van der Waals surface area (Å²) in [6.45, 7) is 1.79. The predicted molar refractivity (Wildman–Crippen MR) is 101 cm³/mol. The van der Waals surface area contributed by atoms with Crippen LogP contribution in [0.2, 0.25) is 0 Å². The van der Waals surface area contributed by atoms with Crippen molar-refractivity contribution in [2.75, 3.05) is 12.4 Å². The number of aryl methyl sites for hydroxylation is 1. The van der Waals surface area contributed by atoms with Crippen LogP contribution >= 0.6 is 0 Å². The minimum absolute atomic E-state index is 0.0516. The van der Waals surface area contributed by atoms with Gasteiger partial charge >= 0.3 is 6.18 Å². The summed E-state index contributed by atoms with van der Waals surface area (Å²) in [7, 11) is 1.28. The SMILES string of the molecule is COc1cc(=O)n(-c2ccccc2C)nc1C(=O)Nc1ccc(C(F)(F)F)cc1. The van der Waals surface area contributed by atoms with Crippen LogP contribution in [0.4, 0.5) is 18.9 Å². The van der Waals surface area contributed by atoms with Crippen molar-refractivity contribution in [1.82, 2.24) is 9.78 Å². The molecule has 3 rings (SSSR count). The van der Waals surface area contributed by atoms with Crippen LogP contribution in [0, 0.1) is 6.92 Å². The second kappa shape index (κ2) is 7.78. The number of alkyl halides is 3. The van der Waals surface area contributed by atoms with E-state index in [1.807, 2.05) is 0 Å². The Morgan fingerprint density at radius 2 is 1.76 bits per heavy atom. The van der Waals surface area contributed by atoms with E-state index in [9.17, 15) is 22.8 Å². The van der Waals surface area contributed by atoms with Crippen molar-refractivity contribution in [2.24, 2.45) is 0 Å². The summed E-state index contributed by atoms with van der Waals surface area (Å²) < 4.78 is 44.2. The Morgan fingerprint density at radius 3 is 2.34 bits per heavy atom. The van der Waals surface area contributed by atoms with Crippen LogP contribution in [0.25, 0.3) is 5.69 Å². The summed E-state index contributed by atoms with van der Waals surface area (Å²) in [4.78, 5) is 25.1. The lowest BCUT2D eigenvalue weighted by Crippen LogP contribution is -2.26. The molecule has 0 bridgehead atoms. The monoisotopic (exact) mass is 403 g/mol. The quantitative estimate of drug-likeness (QED) is 0.719. The number of halogens is 3. The molecule has 9 heteroatoms. The highest BCUT2D eigenvalue weighted by Gasteiger charge is 2.30. The maximum absolute atomic E-state index is 12.7. The Labute approximate surface area is 163 Å². The van der Waals surface area contributed by atoms with Crippen molar-refractivity contribution in [3.05, 3.63) is 81.8 Å². The molecule has 0 saturated heterocycles. The Morgan fingerprint density at radius 1 is 1.10 bits per heavy atom. The third-order valence-corrected chi connectivity index (χ3v) is 4.15. The van der Waals surface area contributed by atoms with Crippen LogP contribution in [0.3, 0.4) is 0 Å². The summed E-state index contributed by atoms with van der Waals surface area (Å²) in [6.07, 6.45) is -4.48. The molecular weight excluding hydrogens is 387 g/mol. The van der Waals surface area contributed by atoms with E-state index >= 15 is 0 Å². The molecule has 150 valence electrons. The first-order valence-electron chi connectivity index (χ1n) is 8.43. The predicted octanol–water partition coefficient (Wildman–Crippen LogP) is 3.82. The zero-order chi connectivity index (χ0) is 21.2. The lowest BCUT2D eigenvalue weighted by molar-refractivity contribution is -0.137. The molecule has 0 unspecified atom stereocenters. The molecule has 0 saturated carbocycles. The fourth-order valence-electron chi connectivity index (χ4n) is 2.66. The van der Waals surface area contributed by atoms with Gasteiger partial charge in [0.15, 0.2) is 11.4 Å². The number of hydrogen-bond donors (Lipinski definition) is 1. The lowest BCUT2D eigenvalue weighted by atomic mass is 10.2. The Kier molecular flexibility index (Phi) is 5.40. The molecule has 1 N–H and O–H groups in total. The molecule has 0 atom stereocenters. The van der Waals surface area contributed by atoms with Gasteiger partial charge < -0.3 is 10.1 Å². The largest absolute Gasteiger partial charge is 0.494 e. The Bertz CT molecular complexity index is 1110. The van der Waals surface area contributed by atoms with E-state index in [2.05, 4.69) is 10.4 Å². The first-order chi connectivity index (χ1) is 13.7. The minimum Gasteiger partial charge on any atom is -0.494 e. The van der Waals surface area contributed by atoms with Gasteiger partial charge in [0.2, 0.25) is 0 Å². The van der Waals surface area contributed by atoms with E-state index in [-0.39, 0.29) is 17.1 Å². The maximum atomic E-state index is 12.7. The standard InChI is InChI=1S/C20H16F3N3O3/c1-12-5-3-4-6-15(12)26-17(27)11-16(29-2)18(25-26)19(28)24-14-9-7-13(8-10-14)20(21,22)23/h3-11H,1-2H3,(H,24,28). The van der Waals surface area contributed by atoms with Gasteiger partial charge in [-0.2, -0.15) is 23.0 Å². The molecule has 29 heavy (non-hydrogen) atoms. The number of para-hydroxylation sites is 1. The highest BCUT2D eigenvalue weighted by molar-refractivity contribution is 6.04. The van der Waals surface area contributed by atoms with E-state index < -0.39 is 23.2 Å². The highest BCUT2D eigenvalue weighted by atomic mass is 19.4. The van der Waals surface area contributed by atoms with Gasteiger partial charge in [0.1, 0.15) is 0 Å². The molecule has 1 aromatic heterocycles. The number of nitrogens with zero attached hydrogens (tertiary/aromatic N) is 2. The van der Waals surface area contributed by atoms with Crippen LogP contribution < -0.4 is 15.6 Å². The zero-order valence-corrected chi connectivity index (χ0v) is 15.4. The van der Waals surface area contributed by atoms with E-state index in [1.165, 1.54) is 7.11 Å². The molecule has 0 radical (unpaired) electrons. The fraction of sp³-hybridized carbons (Fsp3) is 0.150. The number of amides is 1. The molecule has 0 aliphatic carbocycles. The van der Waals surface area contributed by atoms with Crippen LogP contribution in [0.5, 0.6) is 5.75 Å². The third-order valence-electron chi connectivity index (χ3n) is 4.15. The maximum Gasteiger partial charge on any atom is 0.416 e. The number of benzene rings is 2. The average molecular weight is 403 g/mol. The van der Waals surface area contributed by atoms with E-state index in [0.717, 1.165) is 40.6 Å². The van der Waals surface area contributed by atoms with Crippen LogP contribution in [0.1, 0.15) is 21.6 Å². The molecule has 1 amide bonds. The second-order valence-electron chi connectivity index (χ2n) is 6.13. The van der Waals surface area contributed by atoms with Crippen molar-refractivity contribution >= 4 is 11.6 Å². The molecule has 0 fully saturated rings. The van der Waals surface area contributed by atoms with Crippen LogP contribution in [0.15, 0.2) is 59.4 Å². The van der Waals surface area contributed by atoms with Crippen molar-refractivity contribution in [1.29, 1.82) is 0 Å². The number of carbonyl (C=O) groups excluding carboxylic acids is 1. The number of ether oxygens (including phenoxy) is 1. The van der Waals surface area contributed by atoms with E-state index in [0.29, 0.717) is 5.69 Å². The van der Waals surface area contributed by atoms with Gasteiger partial charge in [0.25, 0.3) is 11.5 Å². The smallest absolute Gasteiger partial charge is 0.416 e. The summed E-state index contributed by atoms with van der Waals surface area (Å²) in [5.41, 5.74) is -0.123. The van der Waals surface area contributed by atoms with E-state index in [1.54, 1.807) is 31.2 Å². The first kappa shape index (κ1) is 20.1. The van der Waals surface area contributed by atoms with Crippen molar-refractivity contribution in [2.45, 2.75) is 13.1 Å². The van der Waals surface area contributed by atoms with Gasteiger partial charge in [-0.25, -0.2) is 0 Å². The van der Waals surface area contributed by atoms with Crippen LogP contribution in [-0.2, 0) is 6.18 Å². The molecule has 0 aliphatic rings. The topological polar surface area (TPSA) is 73.2 Å². The summed E-state index contributed by atoms with van der Waals surface area (Å²) in [5, 5.41) is 6.57. The van der Waals surface area contributed by atoms with Gasteiger partial charge in [-0.1, -0.05) is 18.2 Å². The zero-order valence-electron chi connectivity index (χ0n) is 15.4. The number of hydrogen-bond acceptors (Lipinski definition) is 4. The van der Waals surface area contributed by atoms with Gasteiger partial charge in [0, 0.05) is 5.69 Å². The minimum atomic E-state index is -4.48. The molecule has 2 aromatic carbocycles. The van der Waals surface area contributed by atoms with Gasteiger partial charge in [-0.15, -0.1) is 0 Å². The Balaban J connectivity index is 1.97. The normalized spacial score (nSPS) is 11.2. The summed E-state index contributed by atoms with van der Waals surface area (Å²) in [5.74, 6) is -0.784. The lowest BCUT2D eigenvalue weighted by Gasteiger charge is -2.13. The van der Waals surface area contributed by atoms with Crippen molar-refractivity contribution in [3.63, 3.8) is 0 Å². The first-order valence-corrected chi connectivity index (χ1v) is 8.43. The summed E-state index contributed by atoms with van der Waals surface area (Å²) >= 11 is 0. The molecule has 3 aromatic rings. The number of methoxy groups -OCH3 is 1. The number of carbonyl (C=O) groups is 1. The van der Waals surface area contributed by atoms with Gasteiger partial charge in [-0.3, -0.25) is 9.59 Å². The van der Waals surface area contributed by atoms with Gasteiger partial charge in [0.05, 0.1) is 24.4 Å². The molecule has 1 heterocycles. The molecule has 6 nitrogen and oxygen atoms in total. The Hall–Kier alpha value is -3.62. The molecule has 0 spiro atoms. The third kappa shape index (κ3) is 4.29. The number of rotatable bonds is 4. The average Bonchev–Trinajstić information content (AvgIpc) is 2.68. The fourth-order valence-corrected chi connectivity index (χ4v) is 2.66. The number of aromatic nitrogens is 2. The van der Waals surface area contributed by atoms with Crippen molar-refractivity contribution in [3.8, 4) is 11.4 Å². The number of anilines is 1. The van der Waals surface area contributed by atoms with E-state index in [4.69, 9.17) is 4.74 Å². The van der Waals surface area contributed by atoms with Gasteiger partial charge in [-0.05, 0) is 42.8 Å². The number of nitrogens with one attached hydrogen (secondary N) is 1.